The van der Waals surface area contributed by atoms with Crippen molar-refractivity contribution in [3.63, 3.8) is 0 Å². The number of carbonyl (C=O) groups is 2. The number of hydrogen-bond acceptors (Lipinski definition) is 4. The van der Waals surface area contributed by atoms with Crippen LogP contribution in [0.25, 0.3) is 0 Å². The molecule has 30 heavy (non-hydrogen) atoms. The topological polar surface area (TPSA) is 53.5 Å². The summed E-state index contributed by atoms with van der Waals surface area (Å²) < 4.78 is 0. The number of amides is 2. The van der Waals surface area contributed by atoms with Crippen LogP contribution in [0.15, 0.2) is 36.9 Å². The molecule has 1 saturated heterocycles. The number of benzene rings is 1. The van der Waals surface area contributed by atoms with E-state index in [1.165, 1.54) is 11.3 Å². The van der Waals surface area contributed by atoms with Gasteiger partial charge >= 0.3 is 0 Å². The first kappa shape index (κ1) is 21.1. The Bertz CT molecular complexity index is 917. The normalized spacial score (nSPS) is 18.6. The molecule has 1 fully saturated rings. The van der Waals surface area contributed by atoms with Gasteiger partial charge in [0, 0.05) is 35.1 Å². The van der Waals surface area contributed by atoms with Gasteiger partial charge < -0.3 is 4.90 Å². The molecule has 1 aliphatic heterocycles. The van der Waals surface area contributed by atoms with Crippen LogP contribution in [-0.2, 0) is 17.6 Å². The smallest absolute Gasteiger partial charge is 0.253 e. The second-order valence-corrected chi connectivity index (χ2v) is 9.41. The highest BCUT2D eigenvalue weighted by Gasteiger charge is 2.33. The zero-order valence-corrected chi connectivity index (χ0v) is 18.6. The second-order valence-electron chi connectivity index (χ2n) is 7.91. The Kier molecular flexibility index (Phi) is 6.54. The Morgan fingerprint density at radius 3 is 2.73 bits per heavy atom. The highest BCUT2D eigenvalue weighted by atomic mass is 35.5. The van der Waals surface area contributed by atoms with Crippen molar-refractivity contribution in [3.05, 3.63) is 58.1 Å². The Morgan fingerprint density at radius 1 is 1.23 bits per heavy atom. The third kappa shape index (κ3) is 4.44. The number of anilines is 1. The molecule has 0 spiro atoms. The summed E-state index contributed by atoms with van der Waals surface area (Å²) in [6, 6.07) is 6.91. The number of aryl methyl sites for hydroxylation is 2. The predicted molar refractivity (Wildman–Crippen MR) is 121 cm³/mol. The van der Waals surface area contributed by atoms with Gasteiger partial charge in [0.05, 0.1) is 11.6 Å². The minimum absolute atomic E-state index is 0.0367. The molecule has 1 aromatic heterocycles. The Labute approximate surface area is 186 Å². The second kappa shape index (κ2) is 9.31. The Balaban J connectivity index is 1.50. The number of hydrogen-bond donors (Lipinski definition) is 0. The van der Waals surface area contributed by atoms with Gasteiger partial charge in [0.15, 0.2) is 5.13 Å². The van der Waals surface area contributed by atoms with Crippen molar-refractivity contribution in [1.82, 2.24) is 9.88 Å². The van der Waals surface area contributed by atoms with E-state index in [1.807, 2.05) is 0 Å². The van der Waals surface area contributed by atoms with Crippen LogP contribution >= 0.6 is 22.9 Å². The molecule has 2 aliphatic rings. The lowest BCUT2D eigenvalue weighted by atomic mass is 9.96. The number of likely N-dealkylation sites (tertiary alicyclic amines) is 1. The number of fused-ring (bicyclic) bond motifs is 1. The number of aromatic nitrogens is 1. The average Bonchev–Trinajstić information content (AvgIpc) is 3.21. The monoisotopic (exact) mass is 443 g/mol. The molecule has 158 valence electrons. The van der Waals surface area contributed by atoms with Crippen molar-refractivity contribution < 1.29 is 9.59 Å². The minimum atomic E-state index is -0.226. The van der Waals surface area contributed by atoms with Gasteiger partial charge in [0.1, 0.15) is 0 Å². The maximum absolute atomic E-state index is 13.4. The van der Waals surface area contributed by atoms with Gasteiger partial charge in [-0.25, -0.2) is 4.98 Å². The summed E-state index contributed by atoms with van der Waals surface area (Å²) >= 11 is 7.57. The van der Waals surface area contributed by atoms with E-state index < -0.39 is 0 Å². The SMILES string of the molecule is C=CCN(C(=O)[C@H]1CCCN(C(=O)c2ccc(Cl)cc2)C1)c1nc2c(s1)CCCC2. The van der Waals surface area contributed by atoms with Crippen molar-refractivity contribution in [2.24, 2.45) is 5.92 Å². The van der Waals surface area contributed by atoms with E-state index in [4.69, 9.17) is 16.6 Å². The van der Waals surface area contributed by atoms with Crippen LogP contribution in [0.2, 0.25) is 5.02 Å². The molecule has 7 heteroatoms. The molecule has 0 saturated carbocycles. The van der Waals surface area contributed by atoms with Crippen LogP contribution in [0.3, 0.4) is 0 Å². The summed E-state index contributed by atoms with van der Waals surface area (Å²) in [5.74, 6) is -0.241. The average molecular weight is 444 g/mol. The molecule has 2 heterocycles. The van der Waals surface area contributed by atoms with Crippen molar-refractivity contribution in [2.75, 3.05) is 24.5 Å². The van der Waals surface area contributed by atoms with Crippen LogP contribution in [0.1, 0.15) is 46.6 Å². The molecule has 1 aliphatic carbocycles. The quantitative estimate of drug-likeness (QED) is 0.627. The molecule has 4 rings (SSSR count). The lowest BCUT2D eigenvalue weighted by Gasteiger charge is -2.34. The largest absolute Gasteiger partial charge is 0.338 e. The van der Waals surface area contributed by atoms with E-state index in [1.54, 1.807) is 51.5 Å². The summed E-state index contributed by atoms with van der Waals surface area (Å²) in [5, 5.41) is 1.37. The summed E-state index contributed by atoms with van der Waals surface area (Å²) in [6.45, 7) is 5.36. The number of rotatable bonds is 5. The van der Waals surface area contributed by atoms with E-state index >= 15 is 0 Å². The van der Waals surface area contributed by atoms with Gasteiger partial charge in [0.2, 0.25) is 5.91 Å². The van der Waals surface area contributed by atoms with E-state index in [9.17, 15) is 9.59 Å². The molecular weight excluding hydrogens is 418 g/mol. The van der Waals surface area contributed by atoms with Crippen LogP contribution < -0.4 is 4.90 Å². The van der Waals surface area contributed by atoms with Crippen molar-refractivity contribution in [1.29, 1.82) is 0 Å². The molecule has 0 N–H and O–H groups in total. The lowest BCUT2D eigenvalue weighted by molar-refractivity contribution is -0.123. The zero-order chi connectivity index (χ0) is 21.1. The highest BCUT2D eigenvalue weighted by molar-refractivity contribution is 7.16. The standard InChI is InChI=1S/C23H26ClN3O2S/c1-2-13-27(23-25-19-7-3-4-8-20(19)30-23)22(29)17-6-5-14-26(15-17)21(28)16-9-11-18(24)12-10-16/h2,9-12,17H,1,3-8,13-15H2/t17-/m0/s1. The summed E-state index contributed by atoms with van der Waals surface area (Å²) in [5.41, 5.74) is 1.74. The van der Waals surface area contributed by atoms with Gasteiger partial charge in [-0.15, -0.1) is 17.9 Å². The summed E-state index contributed by atoms with van der Waals surface area (Å²) in [6.07, 6.45) is 7.74. The molecule has 2 aromatic rings. The van der Waals surface area contributed by atoms with Crippen molar-refractivity contribution in [2.45, 2.75) is 38.5 Å². The molecule has 0 radical (unpaired) electrons. The molecule has 2 amide bonds. The molecule has 0 unspecified atom stereocenters. The molecule has 1 atom stereocenters. The van der Waals surface area contributed by atoms with Crippen LogP contribution in [0, 0.1) is 5.92 Å². The first-order chi connectivity index (χ1) is 14.6. The van der Waals surface area contributed by atoms with Gasteiger partial charge in [-0.3, -0.25) is 14.5 Å². The first-order valence-electron chi connectivity index (χ1n) is 10.5. The maximum Gasteiger partial charge on any atom is 0.253 e. The van der Waals surface area contributed by atoms with Crippen LogP contribution in [-0.4, -0.2) is 41.3 Å². The highest BCUT2D eigenvalue weighted by Crippen LogP contribution is 2.33. The Morgan fingerprint density at radius 2 is 2.00 bits per heavy atom. The van der Waals surface area contributed by atoms with Gasteiger partial charge in [-0.05, 0) is 62.8 Å². The number of carbonyl (C=O) groups excluding carboxylic acids is 2. The third-order valence-electron chi connectivity index (χ3n) is 5.79. The number of nitrogens with zero attached hydrogens (tertiary/aromatic N) is 3. The molecular formula is C23H26ClN3O2S. The predicted octanol–water partition coefficient (Wildman–Crippen LogP) is 4.75. The van der Waals surface area contributed by atoms with E-state index in [0.717, 1.165) is 42.9 Å². The fourth-order valence-electron chi connectivity index (χ4n) is 4.20. The third-order valence-corrected chi connectivity index (χ3v) is 7.22. The number of piperidine rings is 1. The Hall–Kier alpha value is -2.18. The fraction of sp³-hybridized carbons (Fsp3) is 0.435. The van der Waals surface area contributed by atoms with E-state index in [0.29, 0.717) is 30.2 Å². The lowest BCUT2D eigenvalue weighted by Crippen LogP contribution is -2.47. The van der Waals surface area contributed by atoms with Crippen LogP contribution in [0.5, 0.6) is 0 Å². The molecule has 5 nitrogen and oxygen atoms in total. The van der Waals surface area contributed by atoms with E-state index in [2.05, 4.69) is 6.58 Å². The summed E-state index contributed by atoms with van der Waals surface area (Å²) in [7, 11) is 0. The van der Waals surface area contributed by atoms with Crippen LogP contribution in [0.4, 0.5) is 5.13 Å². The minimum Gasteiger partial charge on any atom is -0.338 e. The summed E-state index contributed by atoms with van der Waals surface area (Å²) in [4.78, 5) is 36.0. The van der Waals surface area contributed by atoms with Gasteiger partial charge in [-0.1, -0.05) is 17.7 Å². The molecule has 1 aromatic carbocycles. The number of thiazole rings is 1. The van der Waals surface area contributed by atoms with Gasteiger partial charge in [0.25, 0.3) is 5.91 Å². The van der Waals surface area contributed by atoms with Crippen molar-refractivity contribution in [3.8, 4) is 0 Å². The zero-order valence-electron chi connectivity index (χ0n) is 17.0. The maximum atomic E-state index is 13.4. The first-order valence-corrected chi connectivity index (χ1v) is 11.7. The van der Waals surface area contributed by atoms with E-state index in [-0.39, 0.29) is 17.7 Å². The van der Waals surface area contributed by atoms with Crippen molar-refractivity contribution >= 4 is 39.9 Å². The fourth-order valence-corrected chi connectivity index (χ4v) is 5.49. The van der Waals surface area contributed by atoms with Gasteiger partial charge in [-0.2, -0.15) is 0 Å². The molecule has 0 bridgehead atoms. The number of halogens is 1.